The number of fused-ring (bicyclic) bond motifs is 1. The van der Waals surface area contributed by atoms with Crippen LogP contribution in [0.4, 0.5) is 15.9 Å². The molecule has 0 aliphatic rings. The van der Waals surface area contributed by atoms with E-state index in [-0.39, 0.29) is 11.1 Å². The van der Waals surface area contributed by atoms with E-state index in [1.807, 2.05) is 0 Å². The molecule has 20 heavy (non-hydrogen) atoms. The Bertz CT molecular complexity index is 755. The standard InChI is InChI=1S/C14H11ClFN3S/c1-2-10-7-11-12(18-14(15)19-13(11)20-10)17-9-5-3-8(16)4-6-9/h3-7H,2H2,1H3,(H,17,18,19). The number of rotatable bonds is 3. The highest BCUT2D eigenvalue weighted by Gasteiger charge is 2.10. The molecule has 0 fully saturated rings. The summed E-state index contributed by atoms with van der Waals surface area (Å²) < 4.78 is 12.9. The first-order valence-electron chi connectivity index (χ1n) is 6.14. The van der Waals surface area contributed by atoms with E-state index in [0.29, 0.717) is 5.82 Å². The van der Waals surface area contributed by atoms with Crippen molar-refractivity contribution in [3.8, 4) is 0 Å². The van der Waals surface area contributed by atoms with Crippen LogP contribution < -0.4 is 5.32 Å². The molecule has 0 radical (unpaired) electrons. The molecule has 1 aromatic carbocycles. The summed E-state index contributed by atoms with van der Waals surface area (Å²) in [5, 5.41) is 4.29. The zero-order valence-electron chi connectivity index (χ0n) is 10.7. The third-order valence-electron chi connectivity index (χ3n) is 2.87. The molecular formula is C14H11ClFN3S. The van der Waals surface area contributed by atoms with E-state index in [1.54, 1.807) is 23.5 Å². The average Bonchev–Trinajstić information content (AvgIpc) is 2.84. The van der Waals surface area contributed by atoms with E-state index in [4.69, 9.17) is 11.6 Å². The van der Waals surface area contributed by atoms with Gasteiger partial charge in [-0.1, -0.05) is 6.92 Å². The van der Waals surface area contributed by atoms with Crippen molar-refractivity contribution in [2.24, 2.45) is 0 Å². The van der Waals surface area contributed by atoms with Crippen molar-refractivity contribution in [3.05, 3.63) is 46.3 Å². The molecule has 0 saturated carbocycles. The lowest BCUT2D eigenvalue weighted by molar-refractivity contribution is 0.628. The van der Waals surface area contributed by atoms with Crippen LogP contribution in [0.2, 0.25) is 5.28 Å². The molecule has 0 spiro atoms. The van der Waals surface area contributed by atoms with Crippen molar-refractivity contribution in [3.63, 3.8) is 0 Å². The van der Waals surface area contributed by atoms with Gasteiger partial charge in [-0.05, 0) is 48.4 Å². The van der Waals surface area contributed by atoms with E-state index in [1.165, 1.54) is 17.0 Å². The largest absolute Gasteiger partial charge is 0.340 e. The minimum absolute atomic E-state index is 0.201. The predicted molar refractivity (Wildman–Crippen MR) is 81.5 cm³/mol. The topological polar surface area (TPSA) is 37.8 Å². The highest BCUT2D eigenvalue weighted by molar-refractivity contribution is 7.18. The summed E-state index contributed by atoms with van der Waals surface area (Å²) in [6.07, 6.45) is 0.939. The molecule has 0 bridgehead atoms. The average molecular weight is 308 g/mol. The highest BCUT2D eigenvalue weighted by Crippen LogP contribution is 2.31. The second-order valence-electron chi connectivity index (χ2n) is 4.26. The zero-order valence-corrected chi connectivity index (χ0v) is 12.2. The van der Waals surface area contributed by atoms with E-state index in [9.17, 15) is 4.39 Å². The van der Waals surface area contributed by atoms with Crippen LogP contribution in [0.1, 0.15) is 11.8 Å². The number of hydrogen-bond acceptors (Lipinski definition) is 4. The lowest BCUT2D eigenvalue weighted by Gasteiger charge is -2.06. The Morgan fingerprint density at radius 2 is 2.00 bits per heavy atom. The van der Waals surface area contributed by atoms with Gasteiger partial charge < -0.3 is 5.32 Å². The van der Waals surface area contributed by atoms with Crippen LogP contribution >= 0.6 is 22.9 Å². The normalized spacial score (nSPS) is 10.9. The van der Waals surface area contributed by atoms with Gasteiger partial charge >= 0.3 is 0 Å². The molecule has 0 unspecified atom stereocenters. The van der Waals surface area contributed by atoms with Crippen LogP contribution in [-0.4, -0.2) is 9.97 Å². The number of halogens is 2. The maximum absolute atomic E-state index is 12.9. The molecule has 2 heterocycles. The van der Waals surface area contributed by atoms with Gasteiger partial charge in [-0.3, -0.25) is 0 Å². The third kappa shape index (κ3) is 2.59. The van der Waals surface area contributed by atoms with Gasteiger partial charge in [0.05, 0.1) is 5.39 Å². The number of nitrogens with one attached hydrogen (secondary N) is 1. The number of hydrogen-bond donors (Lipinski definition) is 1. The van der Waals surface area contributed by atoms with Crippen molar-refractivity contribution in [1.82, 2.24) is 9.97 Å². The predicted octanol–water partition coefficient (Wildman–Crippen LogP) is 4.79. The molecule has 0 aliphatic carbocycles. The number of benzene rings is 1. The minimum Gasteiger partial charge on any atom is -0.340 e. The van der Waals surface area contributed by atoms with E-state index in [0.717, 1.165) is 22.3 Å². The Balaban J connectivity index is 2.05. The Morgan fingerprint density at radius 1 is 1.25 bits per heavy atom. The maximum atomic E-state index is 12.9. The first-order chi connectivity index (χ1) is 9.65. The van der Waals surface area contributed by atoms with Gasteiger partial charge in [0.1, 0.15) is 16.5 Å². The van der Waals surface area contributed by atoms with Crippen molar-refractivity contribution in [2.45, 2.75) is 13.3 Å². The third-order valence-corrected chi connectivity index (χ3v) is 4.21. The first kappa shape index (κ1) is 13.3. The summed E-state index contributed by atoms with van der Waals surface area (Å²) in [7, 11) is 0. The maximum Gasteiger partial charge on any atom is 0.225 e. The second kappa shape index (κ2) is 5.34. The van der Waals surface area contributed by atoms with Gasteiger partial charge in [-0.2, -0.15) is 4.98 Å². The van der Waals surface area contributed by atoms with Gasteiger partial charge in [-0.25, -0.2) is 9.37 Å². The van der Waals surface area contributed by atoms with Gasteiger partial charge in [0.2, 0.25) is 5.28 Å². The molecule has 0 aliphatic heterocycles. The quantitative estimate of drug-likeness (QED) is 0.707. The molecular weight excluding hydrogens is 297 g/mol. The lowest BCUT2D eigenvalue weighted by atomic mass is 10.3. The first-order valence-corrected chi connectivity index (χ1v) is 7.33. The summed E-state index contributed by atoms with van der Waals surface area (Å²) in [6.45, 7) is 2.09. The molecule has 3 nitrogen and oxygen atoms in total. The van der Waals surface area contributed by atoms with Crippen LogP contribution in [0, 0.1) is 5.82 Å². The number of thiophene rings is 1. The molecule has 3 rings (SSSR count). The van der Waals surface area contributed by atoms with Crippen LogP contribution in [0.3, 0.4) is 0 Å². The van der Waals surface area contributed by atoms with Crippen LogP contribution in [-0.2, 0) is 6.42 Å². The summed E-state index contributed by atoms with van der Waals surface area (Å²) in [5.41, 5.74) is 0.756. The molecule has 0 saturated heterocycles. The molecule has 2 aromatic heterocycles. The van der Waals surface area contributed by atoms with Gasteiger partial charge in [0, 0.05) is 10.6 Å². The van der Waals surface area contributed by atoms with Crippen LogP contribution in [0.15, 0.2) is 30.3 Å². The minimum atomic E-state index is -0.273. The van der Waals surface area contributed by atoms with E-state index in [2.05, 4.69) is 28.3 Å². The van der Waals surface area contributed by atoms with Crippen molar-refractivity contribution in [1.29, 1.82) is 0 Å². The van der Waals surface area contributed by atoms with Gasteiger partial charge in [0.15, 0.2) is 0 Å². The molecule has 102 valence electrons. The Morgan fingerprint density at radius 3 is 2.70 bits per heavy atom. The van der Waals surface area contributed by atoms with Gasteiger partial charge in [0.25, 0.3) is 0 Å². The van der Waals surface area contributed by atoms with Crippen molar-refractivity contribution in [2.75, 3.05) is 5.32 Å². The number of aryl methyl sites for hydroxylation is 1. The fourth-order valence-electron chi connectivity index (χ4n) is 1.88. The van der Waals surface area contributed by atoms with Gasteiger partial charge in [-0.15, -0.1) is 11.3 Å². The van der Waals surface area contributed by atoms with E-state index >= 15 is 0 Å². The van der Waals surface area contributed by atoms with Crippen molar-refractivity contribution >= 4 is 44.7 Å². The van der Waals surface area contributed by atoms with Crippen molar-refractivity contribution < 1.29 is 4.39 Å². The number of aromatic nitrogens is 2. The Kier molecular flexibility index (Phi) is 3.54. The summed E-state index contributed by atoms with van der Waals surface area (Å²) in [5.74, 6) is 0.368. The highest BCUT2D eigenvalue weighted by atomic mass is 35.5. The molecule has 6 heteroatoms. The fourth-order valence-corrected chi connectivity index (χ4v) is 3.07. The fraction of sp³-hybridized carbons (Fsp3) is 0.143. The lowest BCUT2D eigenvalue weighted by Crippen LogP contribution is -1.95. The van der Waals surface area contributed by atoms with E-state index < -0.39 is 0 Å². The number of nitrogens with zero attached hydrogens (tertiary/aromatic N) is 2. The Labute approximate surface area is 124 Å². The molecule has 0 atom stereocenters. The second-order valence-corrected chi connectivity index (χ2v) is 5.71. The monoisotopic (exact) mass is 307 g/mol. The summed E-state index contributed by atoms with van der Waals surface area (Å²) in [4.78, 5) is 10.5. The zero-order chi connectivity index (χ0) is 14.1. The SMILES string of the molecule is CCc1cc2c(Nc3ccc(F)cc3)nc(Cl)nc2s1. The molecule has 3 aromatic rings. The Hall–Kier alpha value is -1.72. The smallest absolute Gasteiger partial charge is 0.225 e. The summed E-state index contributed by atoms with van der Waals surface area (Å²) in [6, 6.07) is 8.16. The van der Waals surface area contributed by atoms with Crippen LogP contribution in [0.25, 0.3) is 10.2 Å². The molecule has 0 amide bonds. The number of anilines is 2. The summed E-state index contributed by atoms with van der Waals surface area (Å²) >= 11 is 7.56. The van der Waals surface area contributed by atoms with Crippen LogP contribution in [0.5, 0.6) is 0 Å². The molecule has 1 N–H and O–H groups in total.